The molecule has 0 atom stereocenters. The molecule has 0 aromatic carbocycles. The van der Waals surface area contributed by atoms with Gasteiger partial charge in [-0.15, -0.1) is 25.3 Å². The Balaban J connectivity index is 3.54. The van der Waals surface area contributed by atoms with Crippen LogP contribution in [0.15, 0.2) is 10.1 Å². The third-order valence-corrected chi connectivity index (χ3v) is 2.78. The second kappa shape index (κ2) is 3.37. The zero-order chi connectivity index (χ0) is 9.30. The first-order valence-electron chi connectivity index (χ1n) is 3.25. The average molecular weight is 199 g/mol. The minimum atomic E-state index is 0.640. The highest BCUT2D eigenvalue weighted by Gasteiger charge is 2.12. The number of hydrogen-bond donors (Lipinski definition) is 4. The normalized spacial score (nSPS) is 9.92. The van der Waals surface area contributed by atoms with Crippen LogP contribution in [0, 0.1) is 10.8 Å². The fourth-order valence-corrected chi connectivity index (χ4v) is 1.64. The van der Waals surface area contributed by atoms with E-state index in [4.69, 9.17) is 10.8 Å². The maximum absolute atomic E-state index is 7.11. The van der Waals surface area contributed by atoms with Crippen molar-refractivity contribution in [2.75, 3.05) is 0 Å². The van der Waals surface area contributed by atoms with Crippen molar-refractivity contribution >= 4 is 37.7 Å². The molecule has 0 fully saturated rings. The lowest BCUT2D eigenvalue weighted by Crippen LogP contribution is -1.88. The van der Waals surface area contributed by atoms with Crippen LogP contribution in [0.2, 0.25) is 0 Å². The first-order chi connectivity index (χ1) is 5.63. The lowest BCUT2D eigenvalue weighted by molar-refractivity contribution is 0.753. The molecule has 64 valence electrons. The lowest BCUT2D eigenvalue weighted by Gasteiger charge is -1.96. The van der Waals surface area contributed by atoms with E-state index in [0.717, 1.165) is 0 Å². The molecule has 5 heteroatoms. The van der Waals surface area contributed by atoms with Gasteiger partial charge < -0.3 is 15.4 Å². The Hall–Kier alpha value is -0.680. The summed E-state index contributed by atoms with van der Waals surface area (Å²) in [5.41, 5.74) is 1.28. The van der Waals surface area contributed by atoms with Crippen LogP contribution >= 0.6 is 25.3 Å². The maximum atomic E-state index is 7.11. The molecule has 0 aliphatic heterocycles. The molecule has 0 radical (unpaired) electrons. The molecule has 0 spiro atoms. The van der Waals surface area contributed by atoms with E-state index in [-0.39, 0.29) is 0 Å². The van der Waals surface area contributed by atoms with Crippen molar-refractivity contribution in [3.8, 4) is 0 Å². The van der Waals surface area contributed by atoms with Gasteiger partial charge >= 0.3 is 0 Å². The van der Waals surface area contributed by atoms with Crippen molar-refractivity contribution in [1.82, 2.24) is 4.57 Å². The molecule has 1 heterocycles. The zero-order valence-electron chi connectivity index (χ0n) is 6.50. The molecular formula is C7H9N3S2. The largest absolute Gasteiger partial charge is 0.333 e. The molecule has 2 N–H and O–H groups in total. The molecule has 0 aliphatic rings. The van der Waals surface area contributed by atoms with Crippen molar-refractivity contribution in [2.45, 2.75) is 10.1 Å². The predicted molar refractivity (Wildman–Crippen MR) is 55.7 cm³/mol. The number of nitrogens with zero attached hydrogens (tertiary/aromatic N) is 1. The van der Waals surface area contributed by atoms with Gasteiger partial charge in [0.1, 0.15) is 0 Å². The topological polar surface area (TPSA) is 52.6 Å². The van der Waals surface area contributed by atoms with Gasteiger partial charge in [0.15, 0.2) is 0 Å². The molecule has 1 aromatic rings. The Bertz CT molecular complexity index is 309. The fourth-order valence-electron chi connectivity index (χ4n) is 0.987. The second-order valence-corrected chi connectivity index (χ2v) is 3.17. The van der Waals surface area contributed by atoms with Gasteiger partial charge in [-0.1, -0.05) is 0 Å². The molecule has 0 amide bonds. The monoisotopic (exact) mass is 199 g/mol. The standard InChI is InChI=1S/C7H9N3S2/c1-10-6(11)4(2-8)5(3-9)7(10)12/h2-3,8-9,11-12H,1H3. The Labute approximate surface area is 81.6 Å². The van der Waals surface area contributed by atoms with E-state index in [0.29, 0.717) is 21.2 Å². The van der Waals surface area contributed by atoms with Gasteiger partial charge in [0, 0.05) is 30.6 Å². The summed E-state index contributed by atoms with van der Waals surface area (Å²) in [5.74, 6) is 0. The summed E-state index contributed by atoms with van der Waals surface area (Å²) < 4.78 is 1.73. The maximum Gasteiger partial charge on any atom is 0.0819 e. The van der Waals surface area contributed by atoms with Crippen LogP contribution in [0.25, 0.3) is 0 Å². The van der Waals surface area contributed by atoms with Crippen LogP contribution < -0.4 is 0 Å². The summed E-state index contributed by atoms with van der Waals surface area (Å²) in [6, 6.07) is 0. The SMILES string of the molecule is Cn1c(S)c(C=N)c(C=N)c1S. The average Bonchev–Trinajstić information content (AvgIpc) is 2.29. The fraction of sp³-hybridized carbons (Fsp3) is 0.143. The van der Waals surface area contributed by atoms with Gasteiger partial charge in [0.25, 0.3) is 0 Å². The Kier molecular flexibility index (Phi) is 2.64. The minimum Gasteiger partial charge on any atom is -0.333 e. The van der Waals surface area contributed by atoms with E-state index >= 15 is 0 Å². The number of nitrogens with one attached hydrogen (secondary N) is 2. The molecular weight excluding hydrogens is 190 g/mol. The van der Waals surface area contributed by atoms with E-state index in [1.165, 1.54) is 12.4 Å². The third-order valence-electron chi connectivity index (χ3n) is 1.70. The number of aromatic nitrogens is 1. The molecule has 1 aromatic heterocycles. The highest BCUT2D eigenvalue weighted by molar-refractivity contribution is 7.81. The van der Waals surface area contributed by atoms with E-state index in [2.05, 4.69) is 25.3 Å². The van der Waals surface area contributed by atoms with Gasteiger partial charge in [-0.25, -0.2) is 0 Å². The van der Waals surface area contributed by atoms with Crippen LogP contribution in [-0.4, -0.2) is 17.0 Å². The van der Waals surface area contributed by atoms with Crippen molar-refractivity contribution < 1.29 is 0 Å². The summed E-state index contributed by atoms with van der Waals surface area (Å²) in [4.78, 5) is 0. The highest BCUT2D eigenvalue weighted by atomic mass is 32.1. The molecule has 12 heavy (non-hydrogen) atoms. The van der Waals surface area contributed by atoms with E-state index in [9.17, 15) is 0 Å². The first kappa shape index (κ1) is 9.41. The molecule has 0 bridgehead atoms. The van der Waals surface area contributed by atoms with Gasteiger partial charge in [-0.05, 0) is 0 Å². The number of rotatable bonds is 2. The summed E-state index contributed by atoms with van der Waals surface area (Å²) in [6.07, 6.45) is 2.37. The smallest absolute Gasteiger partial charge is 0.0819 e. The van der Waals surface area contributed by atoms with Crippen LogP contribution in [0.3, 0.4) is 0 Å². The van der Waals surface area contributed by atoms with Crippen LogP contribution in [0.5, 0.6) is 0 Å². The van der Waals surface area contributed by atoms with Gasteiger partial charge in [0.05, 0.1) is 10.1 Å². The van der Waals surface area contributed by atoms with Crippen molar-refractivity contribution in [3.63, 3.8) is 0 Å². The lowest BCUT2D eigenvalue weighted by atomic mass is 10.2. The predicted octanol–water partition coefficient (Wildman–Crippen LogP) is 1.60. The molecule has 0 saturated heterocycles. The molecule has 0 saturated carbocycles. The molecule has 1 rings (SSSR count). The molecule has 0 unspecified atom stereocenters. The third kappa shape index (κ3) is 1.19. The van der Waals surface area contributed by atoms with Crippen molar-refractivity contribution in [2.24, 2.45) is 7.05 Å². The highest BCUT2D eigenvalue weighted by Crippen LogP contribution is 2.24. The van der Waals surface area contributed by atoms with Gasteiger partial charge in [-0.3, -0.25) is 0 Å². The Morgan fingerprint density at radius 3 is 1.67 bits per heavy atom. The van der Waals surface area contributed by atoms with Crippen molar-refractivity contribution in [1.29, 1.82) is 10.8 Å². The van der Waals surface area contributed by atoms with E-state index in [1.807, 2.05) is 0 Å². The summed E-state index contributed by atoms with van der Waals surface area (Å²) in [7, 11) is 1.80. The van der Waals surface area contributed by atoms with Crippen LogP contribution in [0.1, 0.15) is 11.1 Å². The van der Waals surface area contributed by atoms with Gasteiger partial charge in [0.2, 0.25) is 0 Å². The van der Waals surface area contributed by atoms with Crippen molar-refractivity contribution in [3.05, 3.63) is 11.1 Å². The van der Waals surface area contributed by atoms with Crippen LogP contribution in [0.4, 0.5) is 0 Å². The van der Waals surface area contributed by atoms with Crippen LogP contribution in [-0.2, 0) is 7.05 Å². The van der Waals surface area contributed by atoms with E-state index < -0.39 is 0 Å². The Morgan fingerprint density at radius 1 is 1.08 bits per heavy atom. The summed E-state index contributed by atoms with van der Waals surface area (Å²) in [5, 5.41) is 15.5. The number of hydrogen-bond acceptors (Lipinski definition) is 4. The van der Waals surface area contributed by atoms with E-state index in [1.54, 1.807) is 11.6 Å². The molecule has 3 nitrogen and oxygen atoms in total. The van der Waals surface area contributed by atoms with Gasteiger partial charge in [-0.2, -0.15) is 0 Å². The molecule has 0 aliphatic carbocycles. The quantitative estimate of drug-likeness (QED) is 0.413. The Morgan fingerprint density at radius 2 is 1.42 bits per heavy atom. The summed E-state index contributed by atoms with van der Waals surface area (Å²) in [6.45, 7) is 0. The minimum absolute atomic E-state index is 0.640. The second-order valence-electron chi connectivity index (χ2n) is 2.32. The number of thiol groups is 2. The zero-order valence-corrected chi connectivity index (χ0v) is 8.29. The first-order valence-corrected chi connectivity index (χ1v) is 4.14. The summed E-state index contributed by atoms with van der Waals surface area (Å²) >= 11 is 8.39.